The molecule has 0 aliphatic heterocycles. The van der Waals surface area contributed by atoms with Gasteiger partial charge in [-0.05, 0) is 73.7 Å². The largest absolute Gasteiger partial charge is 0.344 e. The van der Waals surface area contributed by atoms with Gasteiger partial charge in [0.1, 0.15) is 6.04 Å². The van der Waals surface area contributed by atoms with Crippen LogP contribution in [0.5, 0.6) is 0 Å². The SMILES string of the molecule is CCCC(NC(=O)CC12CC3CC(CC(C3)C1)C2)C(=O)Nc1cc(-c2ccccc2)[nH]n1. The Labute approximate surface area is 189 Å². The first-order valence-electron chi connectivity index (χ1n) is 12.2. The smallest absolute Gasteiger partial charge is 0.248 e. The summed E-state index contributed by atoms with van der Waals surface area (Å²) in [7, 11) is 0. The van der Waals surface area contributed by atoms with Crippen LogP contribution in [0.15, 0.2) is 36.4 Å². The second-order valence-corrected chi connectivity index (χ2v) is 10.5. The Bertz CT molecular complexity index is 932. The summed E-state index contributed by atoms with van der Waals surface area (Å²) in [5.41, 5.74) is 2.03. The van der Waals surface area contributed by atoms with Crippen LogP contribution in [0.25, 0.3) is 11.3 Å². The van der Waals surface area contributed by atoms with Crippen molar-refractivity contribution < 1.29 is 9.59 Å². The van der Waals surface area contributed by atoms with Crippen LogP contribution in [-0.4, -0.2) is 28.1 Å². The van der Waals surface area contributed by atoms with E-state index in [4.69, 9.17) is 0 Å². The van der Waals surface area contributed by atoms with E-state index in [1.165, 1.54) is 38.5 Å². The van der Waals surface area contributed by atoms with Crippen molar-refractivity contribution in [1.82, 2.24) is 15.5 Å². The number of aromatic amines is 1. The van der Waals surface area contributed by atoms with Crippen molar-refractivity contribution in [3.8, 4) is 11.3 Å². The van der Waals surface area contributed by atoms with Gasteiger partial charge in [0.15, 0.2) is 5.82 Å². The number of rotatable bonds is 8. The molecule has 32 heavy (non-hydrogen) atoms. The number of amides is 2. The standard InChI is InChI=1S/C26H34N4O2/c1-2-6-21(25(32)28-23-12-22(29-30-23)20-7-4-3-5-8-20)27-24(31)16-26-13-17-9-18(14-26)11-19(10-17)15-26/h3-5,7-8,12,17-19,21H,2,6,9-11,13-16H2,1H3,(H,27,31)(H2,28,29,30,32). The molecule has 3 N–H and O–H groups in total. The number of hydrogen-bond donors (Lipinski definition) is 3. The fraction of sp³-hybridized carbons (Fsp3) is 0.577. The Morgan fingerprint density at radius 2 is 1.75 bits per heavy atom. The normalized spacial score (nSPS) is 29.0. The highest BCUT2D eigenvalue weighted by molar-refractivity contribution is 5.97. The Balaban J connectivity index is 1.20. The van der Waals surface area contributed by atoms with Crippen LogP contribution in [0, 0.1) is 23.2 Å². The van der Waals surface area contributed by atoms with Gasteiger partial charge in [0.2, 0.25) is 11.8 Å². The molecule has 0 spiro atoms. The zero-order chi connectivity index (χ0) is 22.1. The predicted molar refractivity (Wildman–Crippen MR) is 125 cm³/mol. The van der Waals surface area contributed by atoms with E-state index < -0.39 is 6.04 Å². The third-order valence-electron chi connectivity index (χ3n) is 7.84. The van der Waals surface area contributed by atoms with E-state index in [0.29, 0.717) is 18.7 Å². The molecule has 2 amide bonds. The number of benzene rings is 1. The molecule has 1 aromatic heterocycles. The molecular weight excluding hydrogens is 400 g/mol. The Morgan fingerprint density at radius 1 is 1.09 bits per heavy atom. The predicted octanol–water partition coefficient (Wildman–Crippen LogP) is 4.91. The van der Waals surface area contributed by atoms with E-state index in [2.05, 4.69) is 20.8 Å². The number of carbonyl (C=O) groups is 2. The number of nitrogens with zero attached hydrogens (tertiary/aromatic N) is 1. The molecule has 4 saturated carbocycles. The molecule has 4 aliphatic rings. The number of H-pyrrole nitrogens is 1. The van der Waals surface area contributed by atoms with Crippen molar-refractivity contribution in [2.75, 3.05) is 5.32 Å². The first kappa shape index (κ1) is 21.2. The highest BCUT2D eigenvalue weighted by Crippen LogP contribution is 2.61. The van der Waals surface area contributed by atoms with Gasteiger partial charge in [0.25, 0.3) is 0 Å². The molecule has 1 atom stereocenters. The monoisotopic (exact) mass is 434 g/mol. The van der Waals surface area contributed by atoms with Crippen LogP contribution in [0.1, 0.15) is 64.7 Å². The van der Waals surface area contributed by atoms with Gasteiger partial charge in [0, 0.05) is 12.5 Å². The van der Waals surface area contributed by atoms with Crippen molar-refractivity contribution in [3.63, 3.8) is 0 Å². The molecule has 4 bridgehead atoms. The summed E-state index contributed by atoms with van der Waals surface area (Å²) in [6.45, 7) is 2.04. The lowest BCUT2D eigenvalue weighted by Gasteiger charge is -2.56. The summed E-state index contributed by atoms with van der Waals surface area (Å²) in [4.78, 5) is 26.0. The topological polar surface area (TPSA) is 86.9 Å². The lowest BCUT2D eigenvalue weighted by Crippen LogP contribution is -2.50. The van der Waals surface area contributed by atoms with Gasteiger partial charge < -0.3 is 10.6 Å². The van der Waals surface area contributed by atoms with E-state index >= 15 is 0 Å². The summed E-state index contributed by atoms with van der Waals surface area (Å²) >= 11 is 0. The fourth-order valence-corrected chi connectivity index (χ4v) is 7.01. The molecule has 4 aliphatic carbocycles. The van der Waals surface area contributed by atoms with Crippen LogP contribution in [0.4, 0.5) is 5.82 Å². The quantitative estimate of drug-likeness (QED) is 0.552. The zero-order valence-corrected chi connectivity index (χ0v) is 18.9. The van der Waals surface area contributed by atoms with Crippen LogP contribution in [-0.2, 0) is 9.59 Å². The molecule has 6 rings (SSSR count). The van der Waals surface area contributed by atoms with Crippen LogP contribution >= 0.6 is 0 Å². The number of anilines is 1. The van der Waals surface area contributed by atoms with Gasteiger partial charge in [-0.3, -0.25) is 14.7 Å². The van der Waals surface area contributed by atoms with Crippen LogP contribution < -0.4 is 10.6 Å². The van der Waals surface area contributed by atoms with Gasteiger partial charge in [-0.15, -0.1) is 0 Å². The summed E-state index contributed by atoms with van der Waals surface area (Å²) in [6, 6.07) is 11.2. The molecular formula is C26H34N4O2. The molecule has 1 unspecified atom stereocenters. The van der Waals surface area contributed by atoms with E-state index in [9.17, 15) is 9.59 Å². The average molecular weight is 435 g/mol. The maximum absolute atomic E-state index is 13.0. The van der Waals surface area contributed by atoms with Gasteiger partial charge in [-0.25, -0.2) is 0 Å². The summed E-state index contributed by atoms with van der Waals surface area (Å²) < 4.78 is 0. The van der Waals surface area contributed by atoms with Crippen molar-refractivity contribution in [2.45, 2.75) is 70.8 Å². The second-order valence-electron chi connectivity index (χ2n) is 10.5. The molecule has 4 fully saturated rings. The van der Waals surface area contributed by atoms with Crippen molar-refractivity contribution >= 4 is 17.6 Å². The maximum Gasteiger partial charge on any atom is 0.248 e. The van der Waals surface area contributed by atoms with Gasteiger partial charge >= 0.3 is 0 Å². The summed E-state index contributed by atoms with van der Waals surface area (Å²) in [5, 5.41) is 13.2. The number of hydrogen-bond acceptors (Lipinski definition) is 3. The second kappa shape index (κ2) is 8.72. The van der Waals surface area contributed by atoms with E-state index in [1.807, 2.05) is 43.3 Å². The minimum Gasteiger partial charge on any atom is -0.344 e. The summed E-state index contributed by atoms with van der Waals surface area (Å²) in [5.74, 6) is 2.78. The first-order valence-corrected chi connectivity index (χ1v) is 12.2. The highest BCUT2D eigenvalue weighted by Gasteiger charge is 2.51. The lowest BCUT2D eigenvalue weighted by atomic mass is 9.49. The molecule has 2 aromatic rings. The van der Waals surface area contributed by atoms with Crippen molar-refractivity contribution in [3.05, 3.63) is 36.4 Å². The molecule has 1 heterocycles. The van der Waals surface area contributed by atoms with Crippen molar-refractivity contribution in [2.24, 2.45) is 23.2 Å². The van der Waals surface area contributed by atoms with E-state index in [-0.39, 0.29) is 17.2 Å². The minimum absolute atomic E-state index is 0.0348. The number of nitrogens with one attached hydrogen (secondary N) is 3. The third kappa shape index (κ3) is 4.45. The highest BCUT2D eigenvalue weighted by atomic mass is 16.2. The molecule has 0 saturated heterocycles. The number of carbonyl (C=O) groups excluding carboxylic acids is 2. The molecule has 1 aromatic carbocycles. The third-order valence-corrected chi connectivity index (χ3v) is 7.84. The molecule has 170 valence electrons. The minimum atomic E-state index is -0.529. The fourth-order valence-electron chi connectivity index (χ4n) is 7.01. The van der Waals surface area contributed by atoms with Crippen LogP contribution in [0.2, 0.25) is 0 Å². The lowest BCUT2D eigenvalue weighted by molar-refractivity contribution is -0.132. The molecule has 6 nitrogen and oxygen atoms in total. The number of aromatic nitrogens is 2. The van der Waals surface area contributed by atoms with Gasteiger partial charge in [-0.2, -0.15) is 5.10 Å². The Hall–Kier alpha value is -2.63. The van der Waals surface area contributed by atoms with Gasteiger partial charge in [-0.1, -0.05) is 43.7 Å². The molecule has 0 radical (unpaired) electrons. The molecule has 6 heteroatoms. The van der Waals surface area contributed by atoms with E-state index in [1.54, 1.807) is 0 Å². The Kier molecular flexibility index (Phi) is 5.78. The Morgan fingerprint density at radius 3 is 2.38 bits per heavy atom. The summed E-state index contributed by atoms with van der Waals surface area (Å²) in [6.07, 6.45) is 9.74. The van der Waals surface area contributed by atoms with Crippen molar-refractivity contribution in [1.29, 1.82) is 0 Å². The van der Waals surface area contributed by atoms with Crippen LogP contribution in [0.3, 0.4) is 0 Å². The van der Waals surface area contributed by atoms with Gasteiger partial charge in [0.05, 0.1) is 5.69 Å². The van der Waals surface area contributed by atoms with E-state index in [0.717, 1.165) is 35.4 Å². The maximum atomic E-state index is 13.0. The first-order chi connectivity index (χ1) is 15.5. The average Bonchev–Trinajstić information content (AvgIpc) is 3.21. The zero-order valence-electron chi connectivity index (χ0n) is 18.9.